The van der Waals surface area contributed by atoms with Gasteiger partial charge in [0.1, 0.15) is 0 Å². The van der Waals surface area contributed by atoms with Crippen LogP contribution in [0.1, 0.15) is 36.9 Å². The number of nitrogens with zero attached hydrogens (tertiary/aromatic N) is 1. The Morgan fingerprint density at radius 2 is 2.17 bits per heavy atom. The lowest BCUT2D eigenvalue weighted by molar-refractivity contribution is -0.134. The van der Waals surface area contributed by atoms with E-state index < -0.39 is 0 Å². The molecule has 0 fully saturated rings. The van der Waals surface area contributed by atoms with Crippen molar-refractivity contribution in [1.82, 2.24) is 10.2 Å². The summed E-state index contributed by atoms with van der Waals surface area (Å²) in [7, 11) is 3.74. The summed E-state index contributed by atoms with van der Waals surface area (Å²) >= 11 is 0. The summed E-state index contributed by atoms with van der Waals surface area (Å²) in [6.07, 6.45) is 3.36. The van der Waals surface area contributed by atoms with Crippen molar-refractivity contribution in [2.24, 2.45) is 0 Å². The molecule has 3 heteroatoms. The van der Waals surface area contributed by atoms with Crippen molar-refractivity contribution in [3.63, 3.8) is 0 Å². The van der Waals surface area contributed by atoms with E-state index in [4.69, 9.17) is 0 Å². The van der Waals surface area contributed by atoms with Gasteiger partial charge in [-0.1, -0.05) is 24.3 Å². The molecular formula is C15H22N2O. The second-order valence-corrected chi connectivity index (χ2v) is 5.07. The first-order valence-corrected chi connectivity index (χ1v) is 6.67. The molecule has 1 aromatic carbocycles. The van der Waals surface area contributed by atoms with E-state index in [0.717, 1.165) is 19.3 Å². The molecule has 0 spiro atoms. The first kappa shape index (κ1) is 13.1. The lowest BCUT2D eigenvalue weighted by atomic mass is 9.87. The molecule has 1 N–H and O–H groups in total. The minimum Gasteiger partial charge on any atom is -0.337 e. The third-order valence-corrected chi connectivity index (χ3v) is 3.96. The molecular weight excluding hydrogens is 224 g/mol. The van der Waals surface area contributed by atoms with Gasteiger partial charge in [0.05, 0.1) is 12.1 Å². The third-order valence-electron chi connectivity index (χ3n) is 3.96. The second kappa shape index (κ2) is 5.53. The van der Waals surface area contributed by atoms with E-state index in [-0.39, 0.29) is 18.0 Å². The second-order valence-electron chi connectivity index (χ2n) is 5.07. The van der Waals surface area contributed by atoms with Gasteiger partial charge in [0.15, 0.2) is 0 Å². The predicted octanol–water partition coefficient (Wildman–Crippen LogP) is 2.13. The van der Waals surface area contributed by atoms with E-state index in [0.29, 0.717) is 0 Å². The van der Waals surface area contributed by atoms with E-state index in [9.17, 15) is 4.79 Å². The van der Waals surface area contributed by atoms with Gasteiger partial charge >= 0.3 is 0 Å². The highest BCUT2D eigenvalue weighted by Gasteiger charge is 2.28. The van der Waals surface area contributed by atoms with Crippen molar-refractivity contribution in [3.05, 3.63) is 35.4 Å². The molecule has 1 aliphatic rings. The molecule has 3 nitrogen and oxygen atoms in total. The van der Waals surface area contributed by atoms with Crippen molar-refractivity contribution < 1.29 is 4.79 Å². The van der Waals surface area contributed by atoms with Gasteiger partial charge in [-0.25, -0.2) is 0 Å². The zero-order chi connectivity index (χ0) is 13.1. The number of likely N-dealkylation sites (N-methyl/N-ethyl adjacent to an activating group) is 2. The number of carbonyl (C=O) groups is 1. The average Bonchev–Trinajstić information content (AvgIpc) is 2.44. The zero-order valence-corrected chi connectivity index (χ0v) is 11.4. The van der Waals surface area contributed by atoms with E-state index in [1.807, 2.05) is 25.9 Å². The van der Waals surface area contributed by atoms with Gasteiger partial charge in [-0.3, -0.25) is 4.79 Å². The van der Waals surface area contributed by atoms with Crippen LogP contribution in [-0.2, 0) is 11.2 Å². The maximum Gasteiger partial charge on any atom is 0.239 e. The fourth-order valence-corrected chi connectivity index (χ4v) is 2.71. The monoisotopic (exact) mass is 246 g/mol. The van der Waals surface area contributed by atoms with Crippen LogP contribution in [0.15, 0.2) is 24.3 Å². The van der Waals surface area contributed by atoms with Gasteiger partial charge in [0.2, 0.25) is 5.91 Å². The Morgan fingerprint density at radius 1 is 1.44 bits per heavy atom. The number of nitrogens with one attached hydrogen (secondary N) is 1. The van der Waals surface area contributed by atoms with Crippen molar-refractivity contribution >= 4 is 5.91 Å². The minimum atomic E-state index is -0.121. The highest BCUT2D eigenvalue weighted by Crippen LogP contribution is 2.33. The Morgan fingerprint density at radius 3 is 2.89 bits per heavy atom. The number of benzene rings is 1. The Hall–Kier alpha value is -1.35. The lowest BCUT2D eigenvalue weighted by Crippen LogP contribution is -2.43. The molecule has 1 aliphatic carbocycles. The van der Waals surface area contributed by atoms with E-state index >= 15 is 0 Å². The third kappa shape index (κ3) is 2.41. The number of amides is 1. The van der Waals surface area contributed by atoms with Gasteiger partial charge in [0, 0.05) is 7.05 Å². The zero-order valence-electron chi connectivity index (χ0n) is 11.4. The molecule has 0 radical (unpaired) electrons. The molecule has 0 heterocycles. The van der Waals surface area contributed by atoms with Gasteiger partial charge in [0.25, 0.3) is 0 Å². The van der Waals surface area contributed by atoms with Crippen LogP contribution in [0.2, 0.25) is 0 Å². The minimum absolute atomic E-state index is 0.121. The SMILES string of the molecule is CNC(C)C(=O)N(C)C1CCCc2ccccc21. The van der Waals surface area contributed by atoms with E-state index in [2.05, 4.69) is 29.6 Å². The van der Waals surface area contributed by atoms with E-state index in [1.54, 1.807) is 0 Å². The molecule has 0 saturated heterocycles. The molecule has 0 aromatic heterocycles. The van der Waals surface area contributed by atoms with Crippen LogP contribution in [0.3, 0.4) is 0 Å². The normalized spacial score (nSPS) is 20.1. The fraction of sp³-hybridized carbons (Fsp3) is 0.533. The van der Waals surface area contributed by atoms with Crippen LogP contribution in [0, 0.1) is 0 Å². The number of fused-ring (bicyclic) bond motifs is 1. The number of aryl methyl sites for hydroxylation is 1. The van der Waals surface area contributed by atoms with Crippen molar-refractivity contribution in [2.45, 2.75) is 38.3 Å². The summed E-state index contributed by atoms with van der Waals surface area (Å²) in [5.41, 5.74) is 2.72. The summed E-state index contributed by atoms with van der Waals surface area (Å²) in [5.74, 6) is 0.166. The van der Waals surface area contributed by atoms with E-state index in [1.165, 1.54) is 11.1 Å². The number of hydrogen-bond acceptors (Lipinski definition) is 2. The van der Waals surface area contributed by atoms with Crippen LogP contribution in [0.25, 0.3) is 0 Å². The van der Waals surface area contributed by atoms with Crippen molar-refractivity contribution in [3.8, 4) is 0 Å². The molecule has 1 aromatic rings. The van der Waals surface area contributed by atoms with Gasteiger partial charge in [-0.15, -0.1) is 0 Å². The van der Waals surface area contributed by atoms with Crippen LogP contribution >= 0.6 is 0 Å². The fourth-order valence-electron chi connectivity index (χ4n) is 2.71. The number of hydrogen-bond donors (Lipinski definition) is 1. The maximum absolute atomic E-state index is 12.2. The first-order valence-electron chi connectivity index (χ1n) is 6.67. The smallest absolute Gasteiger partial charge is 0.239 e. The molecule has 98 valence electrons. The number of carbonyl (C=O) groups excluding carboxylic acids is 1. The molecule has 0 bridgehead atoms. The van der Waals surface area contributed by atoms with Crippen LogP contribution < -0.4 is 5.32 Å². The summed E-state index contributed by atoms with van der Waals surface area (Å²) in [5, 5.41) is 3.02. The lowest BCUT2D eigenvalue weighted by Gasteiger charge is -2.34. The topological polar surface area (TPSA) is 32.3 Å². The van der Waals surface area contributed by atoms with Crippen molar-refractivity contribution in [2.75, 3.05) is 14.1 Å². The van der Waals surface area contributed by atoms with Crippen LogP contribution in [0.5, 0.6) is 0 Å². The first-order chi connectivity index (χ1) is 8.65. The predicted molar refractivity (Wildman–Crippen MR) is 73.4 cm³/mol. The largest absolute Gasteiger partial charge is 0.337 e. The number of rotatable bonds is 3. The van der Waals surface area contributed by atoms with Gasteiger partial charge < -0.3 is 10.2 Å². The van der Waals surface area contributed by atoms with Gasteiger partial charge in [-0.05, 0) is 44.4 Å². The van der Waals surface area contributed by atoms with Crippen molar-refractivity contribution in [1.29, 1.82) is 0 Å². The quantitative estimate of drug-likeness (QED) is 0.886. The highest BCUT2D eigenvalue weighted by molar-refractivity contribution is 5.81. The Bertz CT molecular complexity index is 430. The Balaban J connectivity index is 2.22. The molecule has 18 heavy (non-hydrogen) atoms. The maximum atomic E-state index is 12.2. The molecule has 2 unspecified atom stereocenters. The molecule has 0 aliphatic heterocycles. The standard InChI is InChI=1S/C15H22N2O/c1-11(16-2)15(18)17(3)14-10-6-8-12-7-4-5-9-13(12)14/h4-5,7,9,11,14,16H,6,8,10H2,1-3H3. The van der Waals surface area contributed by atoms with Crippen LogP contribution in [-0.4, -0.2) is 30.9 Å². The summed E-state index contributed by atoms with van der Waals surface area (Å²) in [6, 6.07) is 8.60. The molecule has 1 amide bonds. The Labute approximate surface area is 109 Å². The average molecular weight is 246 g/mol. The summed E-state index contributed by atoms with van der Waals surface area (Å²) in [6.45, 7) is 1.91. The highest BCUT2D eigenvalue weighted by atomic mass is 16.2. The van der Waals surface area contributed by atoms with Crippen LogP contribution in [0.4, 0.5) is 0 Å². The summed E-state index contributed by atoms with van der Waals surface area (Å²) < 4.78 is 0. The summed E-state index contributed by atoms with van der Waals surface area (Å²) in [4.78, 5) is 14.1. The molecule has 2 atom stereocenters. The molecule has 2 rings (SSSR count). The molecule has 0 saturated carbocycles. The van der Waals surface area contributed by atoms with Gasteiger partial charge in [-0.2, -0.15) is 0 Å². The Kier molecular flexibility index (Phi) is 4.02.